The summed E-state index contributed by atoms with van der Waals surface area (Å²) in [4.78, 5) is 21.5. The number of furan rings is 1. The Balaban J connectivity index is 1.86. The second-order valence-corrected chi connectivity index (χ2v) is 7.06. The monoisotopic (exact) mass is 417 g/mol. The summed E-state index contributed by atoms with van der Waals surface area (Å²) < 4.78 is 31.8. The second-order valence-electron chi connectivity index (χ2n) is 4.51. The molecule has 0 saturated heterocycles. The lowest BCUT2D eigenvalue weighted by Gasteiger charge is -2.07. The molecule has 0 aliphatic heterocycles. The first-order valence-corrected chi connectivity index (χ1v) is 8.85. The normalized spacial score (nSPS) is 11.2. The number of halogens is 1. The molecule has 0 bridgehead atoms. The Morgan fingerprint density at radius 1 is 1.17 bits per heavy atom. The van der Waals surface area contributed by atoms with Crippen molar-refractivity contribution >= 4 is 37.5 Å². The summed E-state index contributed by atoms with van der Waals surface area (Å²) in [5, 5.41) is 13.0. The zero-order valence-electron chi connectivity index (χ0n) is 12.1. The van der Waals surface area contributed by atoms with Crippen molar-refractivity contribution in [2.45, 2.75) is 4.90 Å². The third kappa shape index (κ3) is 4.63. The van der Waals surface area contributed by atoms with Gasteiger partial charge in [-0.2, -0.15) is 0 Å². The van der Waals surface area contributed by atoms with E-state index in [1.807, 2.05) is 0 Å². The van der Waals surface area contributed by atoms with Gasteiger partial charge in [0.1, 0.15) is 0 Å². The Hall–Kier alpha value is -2.24. The van der Waals surface area contributed by atoms with Gasteiger partial charge in [0.15, 0.2) is 10.4 Å². The fraction of sp³-hybridized carbons (Fsp3) is 0.154. The first-order valence-electron chi connectivity index (χ1n) is 6.57. The summed E-state index contributed by atoms with van der Waals surface area (Å²) in [7, 11) is -3.82. The molecule has 0 saturated carbocycles. The van der Waals surface area contributed by atoms with Crippen LogP contribution in [0.3, 0.4) is 0 Å². The molecule has 0 spiro atoms. The Labute approximate surface area is 145 Å². The van der Waals surface area contributed by atoms with Gasteiger partial charge in [0.05, 0.1) is 9.82 Å². The van der Waals surface area contributed by atoms with E-state index >= 15 is 0 Å². The summed E-state index contributed by atoms with van der Waals surface area (Å²) in [5.41, 5.74) is -0.203. The van der Waals surface area contributed by atoms with Crippen LogP contribution in [0.2, 0.25) is 0 Å². The number of nitro benzene ring substituents is 1. The molecule has 0 atom stereocenters. The van der Waals surface area contributed by atoms with E-state index in [2.05, 4.69) is 26.0 Å². The largest absolute Gasteiger partial charge is 0.444 e. The van der Waals surface area contributed by atoms with Gasteiger partial charge in [-0.1, -0.05) is 0 Å². The van der Waals surface area contributed by atoms with Crippen LogP contribution in [0.25, 0.3) is 0 Å². The van der Waals surface area contributed by atoms with Gasteiger partial charge in [-0.3, -0.25) is 14.9 Å². The lowest BCUT2D eigenvalue weighted by Crippen LogP contribution is -2.34. The Morgan fingerprint density at radius 3 is 2.38 bits per heavy atom. The molecule has 2 rings (SSSR count). The van der Waals surface area contributed by atoms with Crippen LogP contribution in [0.15, 0.2) is 50.4 Å². The quantitative estimate of drug-likeness (QED) is 0.399. The third-order valence-electron chi connectivity index (χ3n) is 2.86. The van der Waals surface area contributed by atoms with Crippen molar-refractivity contribution in [3.05, 3.63) is 56.9 Å². The van der Waals surface area contributed by atoms with Gasteiger partial charge < -0.3 is 9.73 Å². The van der Waals surface area contributed by atoms with Crippen molar-refractivity contribution < 1.29 is 22.6 Å². The van der Waals surface area contributed by atoms with Crippen molar-refractivity contribution in [1.82, 2.24) is 10.0 Å². The molecule has 1 heterocycles. The van der Waals surface area contributed by atoms with Crippen molar-refractivity contribution in [3.63, 3.8) is 0 Å². The van der Waals surface area contributed by atoms with Crippen molar-refractivity contribution in [3.8, 4) is 0 Å². The van der Waals surface area contributed by atoms with Crippen molar-refractivity contribution in [2.24, 2.45) is 0 Å². The molecule has 11 heteroatoms. The van der Waals surface area contributed by atoms with Crippen LogP contribution >= 0.6 is 15.9 Å². The van der Waals surface area contributed by atoms with Crippen LogP contribution in [0.1, 0.15) is 10.6 Å². The molecule has 0 fully saturated rings. The average Bonchev–Trinajstić information content (AvgIpc) is 2.98. The highest BCUT2D eigenvalue weighted by Gasteiger charge is 2.16. The maximum atomic E-state index is 12.0. The van der Waals surface area contributed by atoms with Gasteiger partial charge in [-0.15, -0.1) is 0 Å². The molecule has 2 aromatic rings. The van der Waals surface area contributed by atoms with Gasteiger partial charge in [-0.25, -0.2) is 13.1 Å². The number of benzene rings is 1. The van der Waals surface area contributed by atoms with Crippen molar-refractivity contribution in [2.75, 3.05) is 13.1 Å². The van der Waals surface area contributed by atoms with E-state index in [0.717, 1.165) is 24.3 Å². The Bertz CT molecular complexity index is 847. The topological polar surface area (TPSA) is 132 Å². The highest BCUT2D eigenvalue weighted by Crippen LogP contribution is 2.15. The number of amides is 1. The number of nitro groups is 1. The molecule has 0 aliphatic carbocycles. The first kappa shape index (κ1) is 18.1. The second kappa shape index (κ2) is 7.55. The van der Waals surface area contributed by atoms with Gasteiger partial charge in [0.25, 0.3) is 11.6 Å². The number of carbonyl (C=O) groups is 1. The van der Waals surface area contributed by atoms with E-state index in [-0.39, 0.29) is 29.4 Å². The van der Waals surface area contributed by atoms with Crippen LogP contribution in [0.4, 0.5) is 5.69 Å². The maximum absolute atomic E-state index is 12.0. The molecule has 0 aliphatic rings. The van der Waals surface area contributed by atoms with E-state index in [9.17, 15) is 23.3 Å². The highest BCUT2D eigenvalue weighted by molar-refractivity contribution is 9.10. The number of sulfonamides is 1. The smallest absolute Gasteiger partial charge is 0.287 e. The predicted octanol–water partition coefficient (Wildman–Crippen LogP) is 1.66. The molecule has 128 valence electrons. The fourth-order valence-corrected chi connectivity index (χ4v) is 3.05. The van der Waals surface area contributed by atoms with E-state index in [0.29, 0.717) is 4.67 Å². The van der Waals surface area contributed by atoms with Crippen molar-refractivity contribution in [1.29, 1.82) is 0 Å². The van der Waals surface area contributed by atoms with Crippen LogP contribution in [-0.2, 0) is 10.0 Å². The number of hydrogen-bond donors (Lipinski definition) is 2. The van der Waals surface area contributed by atoms with Crippen LogP contribution in [0, 0.1) is 10.1 Å². The van der Waals surface area contributed by atoms with E-state index in [1.165, 1.54) is 6.07 Å². The number of nitrogens with zero attached hydrogens (tertiary/aromatic N) is 1. The van der Waals surface area contributed by atoms with E-state index in [1.54, 1.807) is 6.07 Å². The molecular formula is C13H12BrN3O6S. The number of hydrogen-bond acceptors (Lipinski definition) is 6. The zero-order chi connectivity index (χ0) is 17.7. The number of carbonyl (C=O) groups excluding carboxylic acids is 1. The minimum absolute atomic E-state index is 0.0450. The predicted molar refractivity (Wildman–Crippen MR) is 87.0 cm³/mol. The molecule has 2 N–H and O–H groups in total. The number of non-ortho nitro benzene ring substituents is 1. The SMILES string of the molecule is O=C(NCCNS(=O)(=O)c1ccc([N+](=O)[O-])cc1)c1ccc(Br)o1. The number of nitrogens with one attached hydrogen (secondary N) is 2. The summed E-state index contributed by atoms with van der Waals surface area (Å²) >= 11 is 3.07. The molecule has 9 nitrogen and oxygen atoms in total. The zero-order valence-corrected chi connectivity index (χ0v) is 14.5. The highest BCUT2D eigenvalue weighted by atomic mass is 79.9. The van der Waals surface area contributed by atoms with Crippen LogP contribution < -0.4 is 10.0 Å². The molecule has 1 aromatic carbocycles. The van der Waals surface area contributed by atoms with Gasteiger partial charge >= 0.3 is 0 Å². The Morgan fingerprint density at radius 2 is 1.83 bits per heavy atom. The first-order chi connectivity index (χ1) is 11.3. The molecule has 0 unspecified atom stereocenters. The molecule has 0 radical (unpaired) electrons. The molecule has 1 aromatic heterocycles. The van der Waals surface area contributed by atoms with E-state index < -0.39 is 20.9 Å². The van der Waals surface area contributed by atoms with Gasteiger partial charge in [0.2, 0.25) is 10.0 Å². The van der Waals surface area contributed by atoms with E-state index in [4.69, 9.17) is 4.42 Å². The number of rotatable bonds is 7. The molecule has 24 heavy (non-hydrogen) atoms. The van der Waals surface area contributed by atoms with Crippen LogP contribution in [0.5, 0.6) is 0 Å². The third-order valence-corrected chi connectivity index (χ3v) is 4.76. The Kier molecular flexibility index (Phi) is 5.70. The minimum atomic E-state index is -3.82. The molecular weight excluding hydrogens is 406 g/mol. The van der Waals surface area contributed by atoms with Crippen LogP contribution in [-0.4, -0.2) is 32.3 Å². The van der Waals surface area contributed by atoms with Gasteiger partial charge in [-0.05, 0) is 40.2 Å². The fourth-order valence-electron chi connectivity index (χ4n) is 1.72. The summed E-state index contributed by atoms with van der Waals surface area (Å²) in [6.07, 6.45) is 0. The lowest BCUT2D eigenvalue weighted by molar-refractivity contribution is -0.384. The minimum Gasteiger partial charge on any atom is -0.444 e. The summed E-state index contributed by atoms with van der Waals surface area (Å²) in [6, 6.07) is 7.52. The standard InChI is InChI=1S/C13H12BrN3O6S/c14-12-6-5-11(23-12)13(18)15-7-8-16-24(21,22)10-3-1-9(2-4-10)17(19)20/h1-6,16H,7-8H2,(H,15,18). The summed E-state index contributed by atoms with van der Waals surface area (Å²) in [6.45, 7) is -0.00367. The maximum Gasteiger partial charge on any atom is 0.287 e. The average molecular weight is 418 g/mol. The molecule has 1 amide bonds. The van der Waals surface area contributed by atoms with Gasteiger partial charge in [0, 0.05) is 25.2 Å². The summed E-state index contributed by atoms with van der Waals surface area (Å²) in [5.74, 6) is -0.379. The lowest BCUT2D eigenvalue weighted by atomic mass is 10.3.